The topological polar surface area (TPSA) is 60.2 Å². The first kappa shape index (κ1) is 13.7. The fourth-order valence-electron chi connectivity index (χ4n) is 2.03. The third kappa shape index (κ3) is 2.98. The molecule has 0 radical (unpaired) electrons. The fraction of sp³-hybridized carbons (Fsp3) is 0.357. The highest BCUT2D eigenvalue weighted by Crippen LogP contribution is 2.31. The smallest absolute Gasteiger partial charge is 0.121 e. The molecule has 0 aliphatic heterocycles. The van der Waals surface area contributed by atoms with Crippen molar-refractivity contribution in [1.82, 2.24) is 4.98 Å². The molecule has 0 bridgehead atoms. The van der Waals surface area contributed by atoms with Gasteiger partial charge in [-0.1, -0.05) is 0 Å². The Labute approximate surface area is 117 Å². The molecule has 2 aromatic rings. The lowest BCUT2D eigenvalue weighted by Crippen LogP contribution is -2.08. The van der Waals surface area contributed by atoms with Crippen molar-refractivity contribution in [2.24, 2.45) is 0 Å². The maximum atomic E-state index is 5.98. The van der Waals surface area contributed by atoms with Crippen molar-refractivity contribution >= 4 is 22.7 Å². The lowest BCUT2D eigenvalue weighted by Gasteiger charge is -2.16. The minimum atomic E-state index is 0.167. The van der Waals surface area contributed by atoms with Crippen molar-refractivity contribution in [1.29, 1.82) is 0 Å². The van der Waals surface area contributed by atoms with E-state index in [9.17, 15) is 0 Å². The van der Waals surface area contributed by atoms with E-state index < -0.39 is 0 Å². The van der Waals surface area contributed by atoms with Crippen molar-refractivity contribution in [3.63, 3.8) is 0 Å². The zero-order valence-corrected chi connectivity index (χ0v) is 12.5. The molecule has 1 aromatic carbocycles. The van der Waals surface area contributed by atoms with Crippen LogP contribution < -0.4 is 15.8 Å². The highest BCUT2D eigenvalue weighted by Gasteiger charge is 2.14. The summed E-state index contributed by atoms with van der Waals surface area (Å²) in [6.07, 6.45) is 0. The molecule has 3 N–H and O–H groups in total. The Balaban J connectivity index is 2.23. The first-order chi connectivity index (χ1) is 9.01. The van der Waals surface area contributed by atoms with Gasteiger partial charge in [0.2, 0.25) is 0 Å². The van der Waals surface area contributed by atoms with Crippen LogP contribution in [0.5, 0.6) is 5.75 Å². The Morgan fingerprint density at radius 3 is 2.68 bits per heavy atom. The van der Waals surface area contributed by atoms with E-state index in [1.165, 1.54) is 4.88 Å². The third-order valence-electron chi connectivity index (χ3n) is 2.97. The minimum Gasteiger partial charge on any atom is -0.497 e. The highest BCUT2D eigenvalue weighted by molar-refractivity contribution is 7.11. The highest BCUT2D eigenvalue weighted by atomic mass is 32.1. The van der Waals surface area contributed by atoms with Gasteiger partial charge in [0.1, 0.15) is 5.75 Å². The average Bonchev–Trinajstić information content (AvgIpc) is 2.71. The van der Waals surface area contributed by atoms with Gasteiger partial charge in [-0.25, -0.2) is 4.98 Å². The molecule has 2 rings (SSSR count). The van der Waals surface area contributed by atoms with Crippen LogP contribution >= 0.6 is 11.3 Å². The van der Waals surface area contributed by atoms with Gasteiger partial charge in [0.05, 0.1) is 35.2 Å². The molecule has 0 aliphatic rings. The number of nitrogens with two attached hydrogens (primary N) is 1. The number of methoxy groups -OCH3 is 1. The molecule has 0 saturated heterocycles. The number of aryl methyl sites for hydroxylation is 2. The quantitative estimate of drug-likeness (QED) is 0.839. The van der Waals surface area contributed by atoms with Gasteiger partial charge in [-0.3, -0.25) is 0 Å². The average molecular weight is 277 g/mol. The summed E-state index contributed by atoms with van der Waals surface area (Å²) in [5.41, 5.74) is 8.66. The number of anilines is 2. The van der Waals surface area contributed by atoms with Crippen LogP contribution in [-0.4, -0.2) is 12.1 Å². The molecule has 0 aliphatic carbocycles. The van der Waals surface area contributed by atoms with Crippen LogP contribution in [0.4, 0.5) is 11.4 Å². The number of benzene rings is 1. The van der Waals surface area contributed by atoms with Crippen molar-refractivity contribution in [2.45, 2.75) is 26.8 Å². The second kappa shape index (κ2) is 5.48. The Hall–Kier alpha value is -1.75. The van der Waals surface area contributed by atoms with Crippen LogP contribution in [0.2, 0.25) is 0 Å². The number of aromatic nitrogens is 1. The first-order valence-electron chi connectivity index (χ1n) is 6.15. The summed E-state index contributed by atoms with van der Waals surface area (Å²) in [5, 5.41) is 4.50. The van der Waals surface area contributed by atoms with E-state index in [4.69, 9.17) is 10.5 Å². The van der Waals surface area contributed by atoms with Crippen LogP contribution in [0.15, 0.2) is 18.2 Å². The number of hydrogen-bond donors (Lipinski definition) is 2. The second-order valence-corrected chi connectivity index (χ2v) is 5.74. The Morgan fingerprint density at radius 2 is 2.11 bits per heavy atom. The lowest BCUT2D eigenvalue weighted by atomic mass is 10.2. The molecule has 4 nitrogen and oxygen atoms in total. The number of ether oxygens (including phenoxy) is 1. The van der Waals surface area contributed by atoms with Crippen LogP contribution in [0.3, 0.4) is 0 Å². The van der Waals surface area contributed by atoms with Crippen LogP contribution in [-0.2, 0) is 0 Å². The number of nitrogens with zero attached hydrogens (tertiary/aromatic N) is 1. The molecule has 5 heteroatoms. The molecular formula is C14H19N3OS. The summed E-state index contributed by atoms with van der Waals surface area (Å²) in [4.78, 5) is 5.69. The molecule has 1 aromatic heterocycles. The van der Waals surface area contributed by atoms with Crippen molar-refractivity contribution in [3.8, 4) is 5.75 Å². The van der Waals surface area contributed by atoms with Gasteiger partial charge in [-0.2, -0.15) is 0 Å². The van der Waals surface area contributed by atoms with Gasteiger partial charge in [-0.15, -0.1) is 11.3 Å². The molecule has 0 saturated carbocycles. The first-order valence-corrected chi connectivity index (χ1v) is 6.97. The number of rotatable bonds is 4. The van der Waals surface area contributed by atoms with E-state index in [0.29, 0.717) is 5.69 Å². The van der Waals surface area contributed by atoms with E-state index in [2.05, 4.69) is 17.2 Å². The van der Waals surface area contributed by atoms with Gasteiger partial charge < -0.3 is 15.8 Å². The van der Waals surface area contributed by atoms with E-state index >= 15 is 0 Å². The largest absolute Gasteiger partial charge is 0.497 e. The number of nitrogen functional groups attached to an aromatic ring is 1. The molecule has 0 fully saturated rings. The summed E-state index contributed by atoms with van der Waals surface area (Å²) in [6, 6.07) is 5.78. The number of thiazole rings is 1. The predicted octanol–water partition coefficient (Wildman–Crippen LogP) is 3.52. The van der Waals surface area contributed by atoms with Crippen LogP contribution in [0.25, 0.3) is 0 Å². The maximum absolute atomic E-state index is 5.98. The van der Waals surface area contributed by atoms with Gasteiger partial charge in [0.25, 0.3) is 0 Å². The van der Waals surface area contributed by atoms with E-state index in [1.54, 1.807) is 18.4 Å². The third-order valence-corrected chi connectivity index (χ3v) is 4.22. The standard InChI is InChI=1S/C14H19N3OS/c1-8-14(19-10(3)16-8)9(2)17-13-7-11(18-4)5-6-12(13)15/h5-7,9,17H,15H2,1-4H3. The molecule has 1 heterocycles. The van der Waals surface area contributed by atoms with Crippen molar-refractivity contribution in [3.05, 3.63) is 33.8 Å². The Morgan fingerprint density at radius 1 is 1.37 bits per heavy atom. The molecule has 102 valence electrons. The lowest BCUT2D eigenvalue weighted by molar-refractivity contribution is 0.415. The van der Waals surface area contributed by atoms with Gasteiger partial charge in [0, 0.05) is 10.9 Å². The zero-order valence-electron chi connectivity index (χ0n) is 11.7. The van der Waals surface area contributed by atoms with Crippen molar-refractivity contribution < 1.29 is 4.74 Å². The van der Waals surface area contributed by atoms with E-state index in [0.717, 1.165) is 22.1 Å². The summed E-state index contributed by atoms with van der Waals surface area (Å²) in [6.45, 7) is 6.17. The van der Waals surface area contributed by atoms with Crippen molar-refractivity contribution in [2.75, 3.05) is 18.2 Å². The Bertz CT molecular complexity index is 580. The van der Waals surface area contributed by atoms with E-state index in [1.807, 2.05) is 32.0 Å². The molecular weight excluding hydrogens is 258 g/mol. The normalized spacial score (nSPS) is 12.2. The molecule has 0 spiro atoms. The van der Waals surface area contributed by atoms with Crippen LogP contribution in [0.1, 0.15) is 28.5 Å². The Kier molecular flexibility index (Phi) is 3.95. The number of hydrogen-bond acceptors (Lipinski definition) is 5. The minimum absolute atomic E-state index is 0.167. The monoisotopic (exact) mass is 277 g/mol. The predicted molar refractivity (Wildman–Crippen MR) is 81.0 cm³/mol. The molecule has 0 amide bonds. The molecule has 1 atom stereocenters. The summed E-state index contributed by atoms with van der Waals surface area (Å²) in [5.74, 6) is 0.793. The van der Waals surface area contributed by atoms with Gasteiger partial charge in [-0.05, 0) is 32.9 Å². The fourth-order valence-corrected chi connectivity index (χ4v) is 2.96. The second-order valence-electron chi connectivity index (χ2n) is 4.50. The summed E-state index contributed by atoms with van der Waals surface area (Å²) >= 11 is 1.71. The SMILES string of the molecule is COc1ccc(N)c(NC(C)c2sc(C)nc2C)c1. The molecule has 1 unspecified atom stereocenters. The van der Waals surface area contributed by atoms with Gasteiger partial charge in [0.15, 0.2) is 0 Å². The van der Waals surface area contributed by atoms with Gasteiger partial charge >= 0.3 is 0 Å². The van der Waals surface area contributed by atoms with E-state index in [-0.39, 0.29) is 6.04 Å². The molecule has 19 heavy (non-hydrogen) atoms. The number of nitrogens with one attached hydrogen (secondary N) is 1. The van der Waals surface area contributed by atoms with Crippen LogP contribution in [0, 0.1) is 13.8 Å². The summed E-state index contributed by atoms with van der Waals surface area (Å²) in [7, 11) is 1.65. The zero-order chi connectivity index (χ0) is 14.0. The maximum Gasteiger partial charge on any atom is 0.121 e. The summed E-state index contributed by atoms with van der Waals surface area (Å²) < 4.78 is 5.22.